The average molecular weight is 416 g/mol. The molecule has 2 aromatic carbocycles. The lowest BCUT2D eigenvalue weighted by molar-refractivity contribution is 0.0949. The largest absolute Gasteiger partial charge is 0.496 e. The molecule has 7 heteroatoms. The van der Waals surface area contributed by atoms with E-state index in [0.29, 0.717) is 28.1 Å². The van der Waals surface area contributed by atoms with E-state index in [4.69, 9.17) is 27.9 Å². The number of halogens is 2. The lowest BCUT2D eigenvalue weighted by Crippen LogP contribution is -2.24. The maximum atomic E-state index is 12.9. The molecule has 1 heterocycles. The number of hydrogen-bond acceptors (Lipinski definition) is 3. The second-order valence-corrected chi connectivity index (χ2v) is 7.56. The standard InChI is InChI=1S/C21H19Cl2N3O2/c1-28-19-5-3-2-4-14(19)11-24-21(27)16-12-25-26(20(16)13-6-7-13)18-9-8-15(22)10-17(18)23/h2-5,8-10,12-13H,6-7,11H2,1H3,(H,24,27). The maximum Gasteiger partial charge on any atom is 0.255 e. The molecule has 0 radical (unpaired) electrons. The Labute approximate surface area is 173 Å². The maximum absolute atomic E-state index is 12.9. The van der Waals surface area contributed by atoms with Crippen LogP contribution in [0, 0.1) is 0 Å². The zero-order valence-electron chi connectivity index (χ0n) is 15.3. The van der Waals surface area contributed by atoms with Crippen molar-refractivity contribution in [2.45, 2.75) is 25.3 Å². The van der Waals surface area contributed by atoms with Gasteiger partial charge in [0.05, 0.1) is 35.3 Å². The van der Waals surface area contributed by atoms with Crippen molar-refractivity contribution in [3.05, 3.63) is 75.5 Å². The molecule has 1 N–H and O–H groups in total. The molecule has 0 aliphatic heterocycles. The van der Waals surface area contributed by atoms with Crippen LogP contribution in [0.1, 0.15) is 40.4 Å². The Balaban J connectivity index is 1.61. The molecule has 0 saturated heterocycles. The summed E-state index contributed by atoms with van der Waals surface area (Å²) in [6, 6.07) is 12.9. The van der Waals surface area contributed by atoms with Crippen LogP contribution in [0.5, 0.6) is 5.75 Å². The molecule has 1 aliphatic carbocycles. The molecular formula is C21H19Cl2N3O2. The molecule has 0 unspecified atom stereocenters. The zero-order chi connectivity index (χ0) is 19.7. The van der Waals surface area contributed by atoms with E-state index in [9.17, 15) is 4.79 Å². The van der Waals surface area contributed by atoms with Crippen LogP contribution in [0.4, 0.5) is 0 Å². The molecule has 1 aromatic heterocycles. The van der Waals surface area contributed by atoms with Crippen molar-refractivity contribution in [2.24, 2.45) is 0 Å². The summed E-state index contributed by atoms with van der Waals surface area (Å²) in [5.74, 6) is 0.888. The number of aromatic nitrogens is 2. The van der Waals surface area contributed by atoms with Crippen molar-refractivity contribution in [3.8, 4) is 11.4 Å². The minimum absolute atomic E-state index is 0.163. The van der Waals surface area contributed by atoms with Crippen molar-refractivity contribution >= 4 is 29.1 Å². The third kappa shape index (κ3) is 3.73. The van der Waals surface area contributed by atoms with Gasteiger partial charge in [-0.3, -0.25) is 4.79 Å². The number of ether oxygens (including phenoxy) is 1. The Morgan fingerprint density at radius 1 is 1.25 bits per heavy atom. The number of para-hydroxylation sites is 1. The number of carbonyl (C=O) groups is 1. The molecule has 4 rings (SSSR count). The lowest BCUT2D eigenvalue weighted by Gasteiger charge is -2.12. The van der Waals surface area contributed by atoms with E-state index in [-0.39, 0.29) is 5.91 Å². The first-order valence-electron chi connectivity index (χ1n) is 9.02. The van der Waals surface area contributed by atoms with E-state index >= 15 is 0 Å². The summed E-state index contributed by atoms with van der Waals surface area (Å²) in [7, 11) is 1.62. The predicted octanol–water partition coefficient (Wildman–Crippen LogP) is 5.00. The van der Waals surface area contributed by atoms with Crippen LogP contribution in [0.15, 0.2) is 48.7 Å². The first-order chi connectivity index (χ1) is 13.6. The summed E-state index contributed by atoms with van der Waals surface area (Å²) in [5.41, 5.74) is 3.10. The van der Waals surface area contributed by atoms with Gasteiger partial charge in [0.2, 0.25) is 0 Å². The minimum Gasteiger partial charge on any atom is -0.496 e. The fourth-order valence-corrected chi connectivity index (χ4v) is 3.74. The first kappa shape index (κ1) is 18.8. The van der Waals surface area contributed by atoms with Gasteiger partial charge >= 0.3 is 0 Å². The summed E-state index contributed by atoms with van der Waals surface area (Å²) in [5, 5.41) is 8.48. The number of carbonyl (C=O) groups excluding carboxylic acids is 1. The van der Waals surface area contributed by atoms with Crippen molar-refractivity contribution in [1.82, 2.24) is 15.1 Å². The Morgan fingerprint density at radius 2 is 2.04 bits per heavy atom. The predicted molar refractivity (Wildman–Crippen MR) is 110 cm³/mol. The topological polar surface area (TPSA) is 56.1 Å². The van der Waals surface area contributed by atoms with E-state index in [1.165, 1.54) is 0 Å². The number of nitrogens with one attached hydrogen (secondary N) is 1. The number of rotatable bonds is 6. The van der Waals surface area contributed by atoms with Gasteiger partial charge in [-0.05, 0) is 37.1 Å². The number of amides is 1. The number of benzene rings is 2. The van der Waals surface area contributed by atoms with E-state index in [1.807, 2.05) is 30.3 Å². The van der Waals surface area contributed by atoms with Gasteiger partial charge in [0, 0.05) is 23.0 Å². The van der Waals surface area contributed by atoms with Gasteiger partial charge in [0.1, 0.15) is 5.75 Å². The number of methoxy groups -OCH3 is 1. The average Bonchev–Trinajstić information content (AvgIpc) is 3.45. The van der Waals surface area contributed by atoms with Gasteiger partial charge < -0.3 is 10.1 Å². The molecule has 1 amide bonds. The molecule has 5 nitrogen and oxygen atoms in total. The smallest absolute Gasteiger partial charge is 0.255 e. The molecule has 3 aromatic rings. The summed E-state index contributed by atoms with van der Waals surface area (Å²) in [6.07, 6.45) is 3.67. The van der Waals surface area contributed by atoms with Gasteiger partial charge in [-0.2, -0.15) is 5.10 Å². The van der Waals surface area contributed by atoms with Crippen LogP contribution in [0.3, 0.4) is 0 Å². The normalized spacial score (nSPS) is 13.4. The van der Waals surface area contributed by atoms with Crippen LogP contribution in [-0.2, 0) is 6.54 Å². The van der Waals surface area contributed by atoms with Crippen LogP contribution < -0.4 is 10.1 Å². The minimum atomic E-state index is -0.163. The lowest BCUT2D eigenvalue weighted by atomic mass is 10.1. The van der Waals surface area contributed by atoms with Crippen LogP contribution in [0.2, 0.25) is 10.0 Å². The van der Waals surface area contributed by atoms with Gasteiger partial charge in [-0.15, -0.1) is 0 Å². The second-order valence-electron chi connectivity index (χ2n) is 6.72. The quantitative estimate of drug-likeness (QED) is 0.616. The van der Waals surface area contributed by atoms with Gasteiger partial charge in [-0.1, -0.05) is 41.4 Å². The van der Waals surface area contributed by atoms with E-state index < -0.39 is 0 Å². The Kier molecular flexibility index (Phi) is 5.29. The zero-order valence-corrected chi connectivity index (χ0v) is 16.8. The highest BCUT2D eigenvalue weighted by Crippen LogP contribution is 2.43. The number of nitrogens with zero attached hydrogens (tertiary/aromatic N) is 2. The third-order valence-corrected chi connectivity index (χ3v) is 5.32. The van der Waals surface area contributed by atoms with Crippen LogP contribution in [0.25, 0.3) is 5.69 Å². The highest BCUT2D eigenvalue weighted by molar-refractivity contribution is 6.35. The SMILES string of the molecule is COc1ccccc1CNC(=O)c1cnn(-c2ccc(Cl)cc2Cl)c1C1CC1. The fraction of sp³-hybridized carbons (Fsp3) is 0.238. The van der Waals surface area contributed by atoms with Crippen molar-refractivity contribution in [2.75, 3.05) is 7.11 Å². The highest BCUT2D eigenvalue weighted by atomic mass is 35.5. The molecule has 1 fully saturated rings. The summed E-state index contributed by atoms with van der Waals surface area (Å²) >= 11 is 12.4. The monoisotopic (exact) mass is 415 g/mol. The van der Waals surface area contributed by atoms with Gasteiger partial charge in [0.15, 0.2) is 0 Å². The van der Waals surface area contributed by atoms with Crippen LogP contribution in [-0.4, -0.2) is 22.8 Å². The van der Waals surface area contributed by atoms with Gasteiger partial charge in [-0.25, -0.2) is 4.68 Å². The molecule has 28 heavy (non-hydrogen) atoms. The molecule has 0 atom stereocenters. The summed E-state index contributed by atoms with van der Waals surface area (Å²) in [6.45, 7) is 0.375. The molecule has 1 saturated carbocycles. The third-order valence-electron chi connectivity index (χ3n) is 4.78. The Bertz CT molecular complexity index is 1030. The molecule has 1 aliphatic rings. The van der Waals surface area contributed by atoms with E-state index in [2.05, 4.69) is 10.4 Å². The second kappa shape index (κ2) is 7.86. The fourth-order valence-electron chi connectivity index (χ4n) is 3.25. The summed E-state index contributed by atoms with van der Waals surface area (Å²) < 4.78 is 7.11. The first-order valence-corrected chi connectivity index (χ1v) is 9.77. The Morgan fingerprint density at radius 3 is 2.75 bits per heavy atom. The molecular weight excluding hydrogens is 397 g/mol. The van der Waals surface area contributed by atoms with Crippen molar-refractivity contribution in [1.29, 1.82) is 0 Å². The van der Waals surface area contributed by atoms with E-state index in [1.54, 1.807) is 30.1 Å². The highest BCUT2D eigenvalue weighted by Gasteiger charge is 2.33. The van der Waals surface area contributed by atoms with Crippen molar-refractivity contribution in [3.63, 3.8) is 0 Å². The molecule has 144 valence electrons. The summed E-state index contributed by atoms with van der Waals surface area (Å²) in [4.78, 5) is 12.9. The van der Waals surface area contributed by atoms with Crippen LogP contribution >= 0.6 is 23.2 Å². The molecule has 0 spiro atoms. The molecule has 0 bridgehead atoms. The Hall–Kier alpha value is -2.50. The van der Waals surface area contributed by atoms with Gasteiger partial charge in [0.25, 0.3) is 5.91 Å². The van der Waals surface area contributed by atoms with Crippen molar-refractivity contribution < 1.29 is 9.53 Å². The van der Waals surface area contributed by atoms with E-state index in [0.717, 1.165) is 35.5 Å². The number of hydrogen-bond donors (Lipinski definition) is 1.